The summed E-state index contributed by atoms with van der Waals surface area (Å²) in [4.78, 5) is 28.5. The monoisotopic (exact) mass is 445 g/mol. The summed E-state index contributed by atoms with van der Waals surface area (Å²) in [5.74, 6) is 1.23. The van der Waals surface area contributed by atoms with Crippen molar-refractivity contribution in [2.24, 2.45) is 0 Å². The van der Waals surface area contributed by atoms with Crippen LogP contribution in [0.4, 0.5) is 5.69 Å². The van der Waals surface area contributed by atoms with Crippen LogP contribution in [0.25, 0.3) is 0 Å². The van der Waals surface area contributed by atoms with E-state index < -0.39 is 0 Å². The molecule has 0 aromatic heterocycles. The molecule has 1 aliphatic heterocycles. The van der Waals surface area contributed by atoms with Crippen molar-refractivity contribution in [2.45, 2.75) is 13.3 Å². The topological polar surface area (TPSA) is 71.1 Å². The Hall–Kier alpha value is -2.77. The summed E-state index contributed by atoms with van der Waals surface area (Å²) >= 11 is 6.08. The number of halogens is 1. The number of rotatable bonds is 9. The van der Waals surface area contributed by atoms with Crippen LogP contribution in [0.1, 0.15) is 13.3 Å². The van der Waals surface area contributed by atoms with Gasteiger partial charge in [0.05, 0.1) is 23.9 Å². The molecule has 0 atom stereocenters. The predicted octanol–water partition coefficient (Wildman–Crippen LogP) is 3.29. The average Bonchev–Trinajstić information content (AvgIpc) is 2.79. The highest BCUT2D eigenvalue weighted by Gasteiger charge is 2.23. The van der Waals surface area contributed by atoms with Crippen molar-refractivity contribution < 1.29 is 19.1 Å². The van der Waals surface area contributed by atoms with Gasteiger partial charge in [0.15, 0.2) is 6.61 Å². The van der Waals surface area contributed by atoms with Crippen molar-refractivity contribution in [2.75, 3.05) is 51.3 Å². The zero-order chi connectivity index (χ0) is 22.1. The summed E-state index contributed by atoms with van der Waals surface area (Å²) in [7, 11) is 0. The lowest BCUT2D eigenvalue weighted by atomic mass is 10.3. The minimum Gasteiger partial charge on any atom is -0.494 e. The number of amides is 2. The highest BCUT2D eigenvalue weighted by atomic mass is 35.5. The van der Waals surface area contributed by atoms with Crippen molar-refractivity contribution in [1.82, 2.24) is 9.80 Å². The average molecular weight is 446 g/mol. The van der Waals surface area contributed by atoms with E-state index in [0.29, 0.717) is 49.2 Å². The third kappa shape index (κ3) is 7.15. The molecule has 2 aromatic rings. The molecule has 2 amide bonds. The van der Waals surface area contributed by atoms with Crippen LogP contribution in [0.3, 0.4) is 0 Å². The van der Waals surface area contributed by atoms with Gasteiger partial charge in [0.2, 0.25) is 5.91 Å². The molecular formula is C23H28ClN3O4. The first-order valence-electron chi connectivity index (χ1n) is 10.5. The molecule has 0 aliphatic carbocycles. The molecule has 0 radical (unpaired) electrons. The standard InChI is InChI=1S/C23H28ClN3O4/c1-2-15-30-18-7-9-19(10-8-18)31-17-23(29)27-13-11-26(12-14-27)16-22(28)25-21-6-4-3-5-20(21)24/h3-10H,2,11-17H2,1H3,(H,25,28). The fraction of sp³-hybridized carbons (Fsp3) is 0.391. The third-order valence-electron chi connectivity index (χ3n) is 4.90. The van der Waals surface area contributed by atoms with Gasteiger partial charge in [0, 0.05) is 26.2 Å². The second-order valence-corrected chi connectivity index (χ2v) is 7.70. The van der Waals surface area contributed by atoms with E-state index in [9.17, 15) is 9.59 Å². The molecule has 1 N–H and O–H groups in total. The van der Waals surface area contributed by atoms with Crippen LogP contribution in [0, 0.1) is 0 Å². The minimum absolute atomic E-state index is 0.0117. The first-order chi connectivity index (χ1) is 15.0. The van der Waals surface area contributed by atoms with Gasteiger partial charge in [0.1, 0.15) is 11.5 Å². The lowest BCUT2D eigenvalue weighted by Gasteiger charge is -2.34. The number of ether oxygens (including phenoxy) is 2. The van der Waals surface area contributed by atoms with E-state index in [-0.39, 0.29) is 25.0 Å². The molecule has 0 spiro atoms. The Kier molecular flexibility index (Phi) is 8.55. The molecule has 31 heavy (non-hydrogen) atoms. The van der Waals surface area contributed by atoms with Gasteiger partial charge < -0.3 is 19.7 Å². The van der Waals surface area contributed by atoms with Gasteiger partial charge in [-0.15, -0.1) is 0 Å². The van der Waals surface area contributed by atoms with Crippen molar-refractivity contribution in [1.29, 1.82) is 0 Å². The lowest BCUT2D eigenvalue weighted by molar-refractivity contribution is -0.135. The molecule has 8 heteroatoms. The maximum atomic E-state index is 12.5. The number of benzene rings is 2. The van der Waals surface area contributed by atoms with Crippen molar-refractivity contribution >= 4 is 29.1 Å². The summed E-state index contributed by atoms with van der Waals surface area (Å²) in [5, 5.41) is 3.33. The number of hydrogen-bond acceptors (Lipinski definition) is 5. The van der Waals surface area contributed by atoms with Crippen molar-refractivity contribution in [3.8, 4) is 11.5 Å². The van der Waals surface area contributed by atoms with Crippen LogP contribution in [0.5, 0.6) is 11.5 Å². The number of para-hydroxylation sites is 1. The van der Waals surface area contributed by atoms with Gasteiger partial charge in [0.25, 0.3) is 5.91 Å². The molecule has 1 heterocycles. The molecule has 0 saturated carbocycles. The van der Waals surface area contributed by atoms with Crippen LogP contribution in [0.15, 0.2) is 48.5 Å². The molecule has 1 aliphatic rings. The summed E-state index contributed by atoms with van der Waals surface area (Å²) < 4.78 is 11.1. The zero-order valence-corrected chi connectivity index (χ0v) is 18.4. The lowest BCUT2D eigenvalue weighted by Crippen LogP contribution is -2.51. The number of anilines is 1. The normalized spacial score (nSPS) is 14.2. The van der Waals surface area contributed by atoms with Gasteiger partial charge in [-0.3, -0.25) is 14.5 Å². The fourth-order valence-corrected chi connectivity index (χ4v) is 3.38. The molecule has 0 unspecified atom stereocenters. The number of hydrogen-bond donors (Lipinski definition) is 1. The van der Waals surface area contributed by atoms with E-state index in [0.717, 1.165) is 12.2 Å². The molecule has 166 valence electrons. The largest absolute Gasteiger partial charge is 0.494 e. The van der Waals surface area contributed by atoms with E-state index in [1.165, 1.54) is 0 Å². The Balaban J connectivity index is 1.37. The molecule has 3 rings (SSSR count). The van der Waals surface area contributed by atoms with Gasteiger partial charge >= 0.3 is 0 Å². The molecule has 1 saturated heterocycles. The highest BCUT2D eigenvalue weighted by molar-refractivity contribution is 6.33. The smallest absolute Gasteiger partial charge is 0.260 e. The molecular weight excluding hydrogens is 418 g/mol. The maximum Gasteiger partial charge on any atom is 0.260 e. The van der Waals surface area contributed by atoms with Crippen molar-refractivity contribution in [3.63, 3.8) is 0 Å². The Labute approximate surface area is 187 Å². The van der Waals surface area contributed by atoms with Gasteiger partial charge in [-0.2, -0.15) is 0 Å². The first-order valence-corrected chi connectivity index (χ1v) is 10.8. The summed E-state index contributed by atoms with van der Waals surface area (Å²) in [5.41, 5.74) is 0.602. The number of nitrogens with one attached hydrogen (secondary N) is 1. The molecule has 7 nitrogen and oxygen atoms in total. The van der Waals surface area contributed by atoms with Gasteiger partial charge in [-0.1, -0.05) is 30.7 Å². The summed E-state index contributed by atoms with van der Waals surface area (Å²) in [6.45, 7) is 5.36. The summed E-state index contributed by atoms with van der Waals surface area (Å²) in [6, 6.07) is 14.4. The fourth-order valence-electron chi connectivity index (χ4n) is 3.20. The van der Waals surface area contributed by atoms with E-state index in [4.69, 9.17) is 21.1 Å². The predicted molar refractivity (Wildman–Crippen MR) is 121 cm³/mol. The zero-order valence-electron chi connectivity index (χ0n) is 17.7. The number of piperazine rings is 1. The van der Waals surface area contributed by atoms with Crippen LogP contribution >= 0.6 is 11.6 Å². The SMILES string of the molecule is CCCOc1ccc(OCC(=O)N2CCN(CC(=O)Nc3ccccc3Cl)CC2)cc1. The second kappa shape index (κ2) is 11.6. The van der Waals surface area contributed by atoms with E-state index >= 15 is 0 Å². The summed E-state index contributed by atoms with van der Waals surface area (Å²) in [6.07, 6.45) is 0.950. The Morgan fingerprint density at radius 2 is 1.61 bits per heavy atom. The first kappa shape index (κ1) is 22.9. The van der Waals surface area contributed by atoms with Crippen molar-refractivity contribution in [3.05, 3.63) is 53.6 Å². The van der Waals surface area contributed by atoms with E-state index in [2.05, 4.69) is 12.2 Å². The molecule has 2 aromatic carbocycles. The van der Waals surface area contributed by atoms with Crippen LogP contribution in [-0.2, 0) is 9.59 Å². The minimum atomic E-state index is -0.123. The van der Waals surface area contributed by atoms with Crippen LogP contribution in [0.2, 0.25) is 5.02 Å². The Bertz CT molecular complexity index is 867. The van der Waals surface area contributed by atoms with E-state index in [1.807, 2.05) is 29.2 Å². The van der Waals surface area contributed by atoms with E-state index in [1.54, 1.807) is 29.2 Å². The second-order valence-electron chi connectivity index (χ2n) is 7.29. The Morgan fingerprint density at radius 1 is 0.968 bits per heavy atom. The molecule has 1 fully saturated rings. The van der Waals surface area contributed by atoms with Crippen LogP contribution < -0.4 is 14.8 Å². The Morgan fingerprint density at radius 3 is 2.26 bits per heavy atom. The highest BCUT2D eigenvalue weighted by Crippen LogP contribution is 2.20. The van der Waals surface area contributed by atoms with Crippen LogP contribution in [-0.4, -0.2) is 67.6 Å². The number of carbonyl (C=O) groups excluding carboxylic acids is 2. The van der Waals surface area contributed by atoms with Gasteiger partial charge in [-0.05, 0) is 42.8 Å². The number of nitrogens with zero attached hydrogens (tertiary/aromatic N) is 2. The third-order valence-corrected chi connectivity index (χ3v) is 5.23. The maximum absolute atomic E-state index is 12.5. The molecule has 0 bridgehead atoms. The van der Waals surface area contributed by atoms with Gasteiger partial charge in [-0.25, -0.2) is 0 Å². The number of carbonyl (C=O) groups is 2. The quantitative estimate of drug-likeness (QED) is 0.641.